The highest BCUT2D eigenvalue weighted by Crippen LogP contribution is 2.33. The van der Waals surface area contributed by atoms with Crippen molar-refractivity contribution in [2.45, 2.75) is 16.7 Å². The molecule has 6 heteroatoms. The van der Waals surface area contributed by atoms with Gasteiger partial charge in [0.15, 0.2) is 0 Å². The molecule has 4 nitrogen and oxygen atoms in total. The van der Waals surface area contributed by atoms with Crippen LogP contribution in [0.25, 0.3) is 0 Å². The molecule has 3 aromatic rings. The lowest BCUT2D eigenvalue weighted by Crippen LogP contribution is -2.15. The van der Waals surface area contributed by atoms with Gasteiger partial charge in [-0.2, -0.15) is 5.26 Å². The van der Waals surface area contributed by atoms with Crippen LogP contribution in [0.5, 0.6) is 0 Å². The highest BCUT2D eigenvalue weighted by Gasteiger charge is 2.13. The Kier molecular flexibility index (Phi) is 6.96. The SMILES string of the molecule is Cc1c(Cl)cccc1N/C=C(/C#N)C(=O)Nc1ccccc1Sc1ccccc1. The summed E-state index contributed by atoms with van der Waals surface area (Å²) in [5.74, 6) is -0.485. The zero-order chi connectivity index (χ0) is 20.6. The Morgan fingerprint density at radius 3 is 2.45 bits per heavy atom. The van der Waals surface area contributed by atoms with Crippen LogP contribution in [0, 0.1) is 18.3 Å². The molecule has 0 heterocycles. The van der Waals surface area contributed by atoms with Crippen molar-refractivity contribution in [1.29, 1.82) is 5.26 Å². The summed E-state index contributed by atoms with van der Waals surface area (Å²) in [6.45, 7) is 1.86. The van der Waals surface area contributed by atoms with Gasteiger partial charge in [0.1, 0.15) is 11.6 Å². The van der Waals surface area contributed by atoms with Gasteiger partial charge in [-0.3, -0.25) is 4.79 Å². The van der Waals surface area contributed by atoms with Gasteiger partial charge in [-0.25, -0.2) is 0 Å². The predicted octanol–water partition coefficient (Wildman–Crippen LogP) is 6.26. The van der Waals surface area contributed by atoms with Gasteiger partial charge in [0.05, 0.1) is 5.69 Å². The maximum atomic E-state index is 12.6. The highest BCUT2D eigenvalue weighted by molar-refractivity contribution is 7.99. The molecule has 0 aliphatic heterocycles. The van der Waals surface area contributed by atoms with Crippen LogP contribution in [0.1, 0.15) is 5.56 Å². The van der Waals surface area contributed by atoms with E-state index in [4.69, 9.17) is 11.6 Å². The van der Waals surface area contributed by atoms with Gasteiger partial charge in [0.2, 0.25) is 0 Å². The van der Waals surface area contributed by atoms with Crippen molar-refractivity contribution < 1.29 is 4.79 Å². The minimum absolute atomic E-state index is 0.0381. The lowest BCUT2D eigenvalue weighted by Gasteiger charge is -2.11. The van der Waals surface area contributed by atoms with Gasteiger partial charge >= 0.3 is 0 Å². The van der Waals surface area contributed by atoms with Crippen LogP contribution >= 0.6 is 23.4 Å². The first-order valence-electron chi connectivity index (χ1n) is 8.83. The number of rotatable bonds is 6. The van der Waals surface area contributed by atoms with Crippen LogP contribution in [0.2, 0.25) is 5.02 Å². The van der Waals surface area contributed by atoms with E-state index < -0.39 is 5.91 Å². The summed E-state index contributed by atoms with van der Waals surface area (Å²) >= 11 is 7.65. The number of nitrogens with zero attached hydrogens (tertiary/aromatic N) is 1. The van der Waals surface area contributed by atoms with Crippen molar-refractivity contribution in [3.63, 3.8) is 0 Å². The Hall–Kier alpha value is -3.20. The Morgan fingerprint density at radius 2 is 1.69 bits per heavy atom. The van der Waals surface area contributed by atoms with Crippen molar-refractivity contribution in [3.05, 3.63) is 95.2 Å². The number of hydrogen-bond donors (Lipinski definition) is 2. The second kappa shape index (κ2) is 9.83. The second-order valence-electron chi connectivity index (χ2n) is 6.09. The highest BCUT2D eigenvalue weighted by atomic mass is 35.5. The standard InChI is InChI=1S/C23H18ClN3OS/c1-16-19(24)10-7-12-20(16)26-15-17(14-25)23(28)27-21-11-5-6-13-22(21)29-18-8-3-2-4-9-18/h2-13,15,26H,1H3,(H,27,28)/b17-15-. The number of hydrogen-bond acceptors (Lipinski definition) is 4. The van der Waals surface area contributed by atoms with E-state index in [1.807, 2.05) is 73.7 Å². The zero-order valence-corrected chi connectivity index (χ0v) is 17.2. The van der Waals surface area contributed by atoms with E-state index in [0.29, 0.717) is 10.7 Å². The summed E-state index contributed by atoms with van der Waals surface area (Å²) < 4.78 is 0. The fraction of sp³-hybridized carbons (Fsp3) is 0.0435. The minimum atomic E-state index is -0.485. The van der Waals surface area contributed by atoms with Gasteiger partial charge in [0.25, 0.3) is 5.91 Å². The van der Waals surface area contributed by atoms with Crippen molar-refractivity contribution in [3.8, 4) is 6.07 Å². The first-order chi connectivity index (χ1) is 14.1. The molecule has 1 amide bonds. The molecule has 0 radical (unpaired) electrons. The summed E-state index contributed by atoms with van der Waals surface area (Å²) in [5, 5.41) is 15.9. The molecule has 0 aliphatic carbocycles. The molecule has 0 saturated carbocycles. The first-order valence-corrected chi connectivity index (χ1v) is 10.0. The maximum absolute atomic E-state index is 12.6. The Balaban J connectivity index is 1.76. The van der Waals surface area contributed by atoms with Crippen LogP contribution in [0.4, 0.5) is 11.4 Å². The third-order valence-corrected chi connectivity index (χ3v) is 5.60. The van der Waals surface area contributed by atoms with E-state index in [0.717, 1.165) is 21.0 Å². The number of carbonyl (C=O) groups is 1. The van der Waals surface area contributed by atoms with E-state index in [2.05, 4.69) is 10.6 Å². The number of amides is 1. The Morgan fingerprint density at radius 1 is 1.00 bits per heavy atom. The number of anilines is 2. The molecule has 0 aromatic heterocycles. The summed E-state index contributed by atoms with van der Waals surface area (Å²) in [4.78, 5) is 14.6. The van der Waals surface area contributed by atoms with Gasteiger partial charge in [-0.15, -0.1) is 0 Å². The molecular weight excluding hydrogens is 402 g/mol. The van der Waals surface area contributed by atoms with Crippen LogP contribution in [0.3, 0.4) is 0 Å². The molecule has 0 fully saturated rings. The zero-order valence-electron chi connectivity index (χ0n) is 15.6. The molecular formula is C23H18ClN3OS. The molecule has 0 aliphatic rings. The normalized spacial score (nSPS) is 10.9. The van der Waals surface area contributed by atoms with Crippen LogP contribution in [-0.2, 0) is 4.79 Å². The van der Waals surface area contributed by atoms with Crippen molar-refractivity contribution in [2.75, 3.05) is 10.6 Å². The average molecular weight is 420 g/mol. The van der Waals surface area contributed by atoms with E-state index in [9.17, 15) is 10.1 Å². The fourth-order valence-electron chi connectivity index (χ4n) is 2.53. The largest absolute Gasteiger partial charge is 0.360 e. The number of para-hydroxylation sites is 1. The quantitative estimate of drug-likeness (QED) is 0.365. The third kappa shape index (κ3) is 5.41. The number of nitriles is 1. The van der Waals surface area contributed by atoms with E-state index in [-0.39, 0.29) is 5.57 Å². The number of halogens is 1. The third-order valence-electron chi connectivity index (χ3n) is 4.11. The maximum Gasteiger partial charge on any atom is 0.267 e. The van der Waals surface area contributed by atoms with Crippen LogP contribution in [-0.4, -0.2) is 5.91 Å². The number of nitrogens with one attached hydrogen (secondary N) is 2. The predicted molar refractivity (Wildman–Crippen MR) is 119 cm³/mol. The molecule has 0 atom stereocenters. The molecule has 0 unspecified atom stereocenters. The first kappa shape index (κ1) is 20.5. The molecule has 3 rings (SSSR count). The molecule has 2 N–H and O–H groups in total. The fourth-order valence-corrected chi connectivity index (χ4v) is 3.62. The van der Waals surface area contributed by atoms with E-state index in [1.165, 1.54) is 6.20 Å². The van der Waals surface area contributed by atoms with E-state index >= 15 is 0 Å². The van der Waals surface area contributed by atoms with Crippen molar-refractivity contribution in [2.24, 2.45) is 0 Å². The molecule has 144 valence electrons. The molecule has 0 spiro atoms. The monoisotopic (exact) mass is 419 g/mol. The lowest BCUT2D eigenvalue weighted by molar-refractivity contribution is -0.112. The summed E-state index contributed by atoms with van der Waals surface area (Å²) in [5.41, 5.74) is 2.18. The van der Waals surface area contributed by atoms with Crippen molar-refractivity contribution in [1.82, 2.24) is 0 Å². The summed E-state index contributed by atoms with van der Waals surface area (Å²) in [6, 6.07) is 24.7. The number of benzene rings is 3. The molecule has 3 aromatic carbocycles. The Bertz CT molecular complexity index is 1090. The second-order valence-corrected chi connectivity index (χ2v) is 7.61. The van der Waals surface area contributed by atoms with Crippen LogP contribution in [0.15, 0.2) is 94.4 Å². The topological polar surface area (TPSA) is 64.9 Å². The molecule has 0 bridgehead atoms. The molecule has 29 heavy (non-hydrogen) atoms. The molecule has 0 saturated heterocycles. The van der Waals surface area contributed by atoms with E-state index in [1.54, 1.807) is 23.9 Å². The van der Waals surface area contributed by atoms with Crippen LogP contribution < -0.4 is 10.6 Å². The Labute approximate surface area is 179 Å². The van der Waals surface area contributed by atoms with Gasteiger partial charge in [-0.05, 0) is 48.9 Å². The summed E-state index contributed by atoms with van der Waals surface area (Å²) in [6.07, 6.45) is 1.39. The van der Waals surface area contributed by atoms with Gasteiger partial charge in [0, 0.05) is 26.7 Å². The van der Waals surface area contributed by atoms with Gasteiger partial charge in [-0.1, -0.05) is 59.8 Å². The minimum Gasteiger partial charge on any atom is -0.360 e. The smallest absolute Gasteiger partial charge is 0.267 e. The van der Waals surface area contributed by atoms with Gasteiger partial charge < -0.3 is 10.6 Å². The summed E-state index contributed by atoms with van der Waals surface area (Å²) in [7, 11) is 0. The lowest BCUT2D eigenvalue weighted by atomic mass is 10.2. The number of carbonyl (C=O) groups excluding carboxylic acids is 1. The van der Waals surface area contributed by atoms with Crippen molar-refractivity contribution >= 4 is 40.6 Å². The average Bonchev–Trinajstić information content (AvgIpc) is 2.73.